The van der Waals surface area contributed by atoms with Crippen molar-refractivity contribution in [2.75, 3.05) is 9.80 Å². The molecule has 0 spiro atoms. The lowest BCUT2D eigenvalue weighted by atomic mass is 9.68. The molecule has 10 aromatic rings. The monoisotopic (exact) mass is 992 g/mol. The molecule has 77 heavy (non-hydrogen) atoms. The summed E-state index contributed by atoms with van der Waals surface area (Å²) in [6.07, 6.45) is 0. The third kappa shape index (κ3) is 8.11. The topological polar surface area (TPSA) is 93.2 Å². The molecular formula is C69H40N2O6. The summed E-state index contributed by atoms with van der Waals surface area (Å²) in [6.45, 7) is 0. The number of anilines is 2. The molecule has 0 N–H and O–H groups in total. The second-order valence-electron chi connectivity index (χ2n) is 18.7. The van der Waals surface area contributed by atoms with Crippen molar-refractivity contribution in [1.29, 1.82) is 0 Å². The van der Waals surface area contributed by atoms with E-state index in [2.05, 4.69) is 96.5 Å². The Balaban J connectivity index is 0.730. The molecule has 1 aliphatic carbocycles. The number of fused-ring (bicyclic) bond motifs is 5. The van der Waals surface area contributed by atoms with Crippen molar-refractivity contribution in [3.05, 3.63) is 309 Å². The third-order valence-electron chi connectivity index (χ3n) is 14.2. The van der Waals surface area contributed by atoms with Crippen molar-refractivity contribution in [2.24, 2.45) is 0 Å². The van der Waals surface area contributed by atoms with Crippen LogP contribution in [0.5, 0.6) is 23.0 Å². The van der Waals surface area contributed by atoms with E-state index < -0.39 is 29.0 Å². The van der Waals surface area contributed by atoms with Gasteiger partial charge in [-0.05, 0) is 167 Å². The number of carbonyl (C=O) groups is 4. The Morgan fingerprint density at radius 3 is 1.00 bits per heavy atom. The molecule has 13 rings (SSSR count). The lowest BCUT2D eigenvalue weighted by Gasteiger charge is -2.34. The summed E-state index contributed by atoms with van der Waals surface area (Å²) in [7, 11) is 0. The van der Waals surface area contributed by atoms with E-state index in [1.807, 2.05) is 84.9 Å². The Kier molecular flexibility index (Phi) is 11.3. The Labute approximate surface area is 444 Å². The van der Waals surface area contributed by atoms with Gasteiger partial charge in [0.2, 0.25) is 0 Å². The van der Waals surface area contributed by atoms with Gasteiger partial charge in [-0.2, -0.15) is 0 Å². The number of imide groups is 2. The summed E-state index contributed by atoms with van der Waals surface area (Å²) in [4.78, 5) is 56.8. The molecule has 3 aliphatic rings. The van der Waals surface area contributed by atoms with Crippen LogP contribution in [0, 0.1) is 23.7 Å². The minimum Gasteiger partial charge on any atom is -0.457 e. The highest BCUT2D eigenvalue weighted by Crippen LogP contribution is 2.56. The third-order valence-corrected chi connectivity index (χ3v) is 14.2. The van der Waals surface area contributed by atoms with Crippen LogP contribution in [0.15, 0.2) is 243 Å². The van der Waals surface area contributed by atoms with E-state index in [0.29, 0.717) is 67.8 Å². The van der Waals surface area contributed by atoms with Crippen LogP contribution in [0.25, 0.3) is 11.1 Å². The molecule has 0 saturated heterocycles. The molecule has 2 aliphatic heterocycles. The number of hydrogen-bond acceptors (Lipinski definition) is 6. The predicted molar refractivity (Wildman–Crippen MR) is 297 cm³/mol. The molecule has 0 radical (unpaired) electrons. The molecule has 8 heteroatoms. The van der Waals surface area contributed by atoms with E-state index in [0.717, 1.165) is 44.5 Å². The molecule has 8 nitrogen and oxygen atoms in total. The number of benzene rings is 10. The van der Waals surface area contributed by atoms with Crippen molar-refractivity contribution in [1.82, 2.24) is 0 Å². The maximum Gasteiger partial charge on any atom is 0.266 e. The molecule has 0 bridgehead atoms. The largest absolute Gasteiger partial charge is 0.457 e. The number of ether oxygens (including phenoxy) is 2. The average molecular weight is 993 g/mol. The van der Waals surface area contributed by atoms with Crippen molar-refractivity contribution >= 4 is 35.0 Å². The minimum atomic E-state index is -0.698. The van der Waals surface area contributed by atoms with E-state index in [4.69, 9.17) is 9.47 Å². The minimum absolute atomic E-state index is 0.318. The van der Waals surface area contributed by atoms with Gasteiger partial charge in [0.05, 0.1) is 39.0 Å². The average Bonchev–Trinajstić information content (AvgIpc) is 4.18. The molecule has 0 unspecified atom stereocenters. The van der Waals surface area contributed by atoms with Gasteiger partial charge in [-0.15, -0.1) is 0 Å². The van der Waals surface area contributed by atoms with Crippen LogP contribution in [0.4, 0.5) is 11.4 Å². The Morgan fingerprint density at radius 2 is 0.610 bits per heavy atom. The summed E-state index contributed by atoms with van der Waals surface area (Å²) >= 11 is 0. The highest BCUT2D eigenvalue weighted by atomic mass is 16.5. The van der Waals surface area contributed by atoms with Crippen molar-refractivity contribution in [2.45, 2.75) is 5.41 Å². The van der Waals surface area contributed by atoms with E-state index >= 15 is 0 Å². The van der Waals surface area contributed by atoms with Gasteiger partial charge in [0, 0.05) is 22.3 Å². The SMILES string of the molecule is O=C1c2ccc(C#Cc3ccccc3)cc2C(=O)N1c1ccc(Oc2ccc(C3(c4ccc(Oc5ccc(N6C(=O)c7ccc(C#Cc8ccccc8)cc7C6=O)cc5)cc4)c4ccccc4-c4ccccc43)cc2)cc1. The first-order valence-corrected chi connectivity index (χ1v) is 25.0. The molecular weight excluding hydrogens is 953 g/mol. The highest BCUT2D eigenvalue weighted by molar-refractivity contribution is 6.35. The van der Waals surface area contributed by atoms with Crippen LogP contribution >= 0.6 is 0 Å². The number of rotatable bonds is 8. The Hall–Kier alpha value is -10.8. The molecule has 362 valence electrons. The normalized spacial score (nSPS) is 13.4. The van der Waals surface area contributed by atoms with E-state index in [-0.39, 0.29) is 0 Å². The van der Waals surface area contributed by atoms with E-state index in [9.17, 15) is 19.2 Å². The predicted octanol–water partition coefficient (Wildman–Crippen LogP) is 14.0. The fraction of sp³-hybridized carbons (Fsp3) is 0.0145. The number of nitrogens with zero attached hydrogens (tertiary/aromatic N) is 2. The van der Waals surface area contributed by atoms with E-state index in [1.165, 1.54) is 9.80 Å². The quantitative estimate of drug-likeness (QED) is 0.111. The van der Waals surface area contributed by atoms with Crippen LogP contribution in [-0.2, 0) is 5.41 Å². The lowest BCUT2D eigenvalue weighted by Crippen LogP contribution is -2.29. The zero-order valence-corrected chi connectivity index (χ0v) is 40.9. The molecule has 10 aromatic carbocycles. The summed E-state index contributed by atoms with van der Waals surface area (Å²) in [5.41, 5.74) is 11.1. The number of hydrogen-bond donors (Lipinski definition) is 0. The molecule has 0 saturated carbocycles. The number of amides is 4. The Morgan fingerprint density at radius 1 is 0.286 bits per heavy atom. The van der Waals surface area contributed by atoms with E-state index in [1.54, 1.807) is 84.9 Å². The van der Waals surface area contributed by atoms with Gasteiger partial charge < -0.3 is 9.47 Å². The van der Waals surface area contributed by atoms with Gasteiger partial charge in [0.15, 0.2) is 0 Å². The van der Waals surface area contributed by atoms with Crippen LogP contribution in [0.3, 0.4) is 0 Å². The molecule has 0 atom stereocenters. The summed E-state index contributed by atoms with van der Waals surface area (Å²) < 4.78 is 12.8. The van der Waals surface area contributed by atoms with Crippen molar-refractivity contribution in [3.8, 4) is 57.8 Å². The van der Waals surface area contributed by atoms with Crippen LogP contribution in [0.1, 0.15) is 85.9 Å². The van der Waals surface area contributed by atoms with Crippen LogP contribution in [-0.4, -0.2) is 23.6 Å². The zero-order valence-electron chi connectivity index (χ0n) is 40.9. The first kappa shape index (κ1) is 46.0. The smallest absolute Gasteiger partial charge is 0.266 e. The first-order chi connectivity index (χ1) is 37.8. The van der Waals surface area contributed by atoms with Crippen molar-refractivity contribution < 1.29 is 28.7 Å². The second kappa shape index (κ2) is 18.9. The lowest BCUT2D eigenvalue weighted by molar-refractivity contribution is 0.0910. The van der Waals surface area contributed by atoms with Gasteiger partial charge in [-0.3, -0.25) is 19.2 Å². The van der Waals surface area contributed by atoms with Gasteiger partial charge in [0.1, 0.15) is 23.0 Å². The van der Waals surface area contributed by atoms with Gasteiger partial charge in [-0.1, -0.05) is 133 Å². The summed E-state index contributed by atoms with van der Waals surface area (Å²) in [5.74, 6) is 13.1. The fourth-order valence-electron chi connectivity index (χ4n) is 10.6. The Bertz CT molecular complexity index is 3890. The molecule has 0 fully saturated rings. The fourth-order valence-corrected chi connectivity index (χ4v) is 10.6. The maximum atomic E-state index is 13.7. The molecule has 0 aromatic heterocycles. The van der Waals surface area contributed by atoms with Gasteiger partial charge in [-0.25, -0.2) is 9.80 Å². The summed E-state index contributed by atoms with van der Waals surface area (Å²) in [5, 5.41) is 0. The highest BCUT2D eigenvalue weighted by Gasteiger charge is 2.46. The first-order valence-electron chi connectivity index (χ1n) is 25.0. The van der Waals surface area contributed by atoms with Gasteiger partial charge in [0.25, 0.3) is 23.6 Å². The summed E-state index contributed by atoms with van der Waals surface area (Å²) in [6, 6.07) is 76.4. The standard InChI is InChI=1S/C69H40N2O6/c72-65-59-41-23-47(21-19-45-11-3-1-4-12-45)43-61(59)67(74)70(65)51-29-37-55(38-30-51)76-53-33-25-49(26-34-53)69(63-17-9-7-15-57(63)58-16-8-10-18-64(58)69)50-27-35-54(36-28-50)77-56-39-31-52(32-40-56)71-66(73)60-42-24-48(44-62(60)68(71)75)22-20-46-13-5-2-6-14-46/h1-18,23-44H. The zero-order chi connectivity index (χ0) is 52.0. The molecule has 4 amide bonds. The van der Waals surface area contributed by atoms with Crippen LogP contribution in [0.2, 0.25) is 0 Å². The van der Waals surface area contributed by atoms with Gasteiger partial charge >= 0.3 is 0 Å². The number of carbonyl (C=O) groups excluding carboxylic acids is 4. The second-order valence-corrected chi connectivity index (χ2v) is 18.7. The maximum absolute atomic E-state index is 13.7. The van der Waals surface area contributed by atoms with Crippen LogP contribution < -0.4 is 19.3 Å². The molecule has 2 heterocycles. The van der Waals surface area contributed by atoms with Crippen molar-refractivity contribution in [3.63, 3.8) is 0 Å².